The molecule has 0 unspecified atom stereocenters. The van der Waals surface area contributed by atoms with E-state index in [-0.39, 0.29) is 0 Å². The van der Waals surface area contributed by atoms with Crippen molar-refractivity contribution >= 4 is 38.7 Å². The van der Waals surface area contributed by atoms with Crippen LogP contribution in [0.1, 0.15) is 38.2 Å². The third kappa shape index (κ3) is 4.86. The van der Waals surface area contributed by atoms with Gasteiger partial charge in [-0.05, 0) is 72.9 Å². The number of nitrogens with one attached hydrogen (secondary N) is 2. The van der Waals surface area contributed by atoms with Gasteiger partial charge in [0.1, 0.15) is 0 Å². The molecule has 7 heteroatoms. The summed E-state index contributed by atoms with van der Waals surface area (Å²) in [7, 11) is -3.39. The molecule has 5 nitrogen and oxygen atoms in total. The average Bonchev–Trinajstić information content (AvgIpc) is 3.18. The third-order valence-electron chi connectivity index (χ3n) is 4.65. The van der Waals surface area contributed by atoms with Gasteiger partial charge in [-0.2, -0.15) is 4.31 Å². The van der Waals surface area contributed by atoms with E-state index in [2.05, 4.69) is 36.6 Å². The number of hydrogen-bond donors (Lipinski definition) is 2. The van der Waals surface area contributed by atoms with E-state index in [1.165, 1.54) is 5.56 Å². The Labute approximate surface area is 166 Å². The van der Waals surface area contributed by atoms with Gasteiger partial charge in [0.05, 0.1) is 4.90 Å². The standard InChI is InChI=1S/C20H25N3O2S2/c1-15(2)16-5-7-17(8-6-16)21-20(26)22-18-9-11-19(12-10-18)27(24,25)23-13-3-4-14-23/h5-12,15H,3-4,13-14H2,1-2H3,(H2,21,22,26). The van der Waals surface area contributed by atoms with E-state index in [4.69, 9.17) is 12.2 Å². The van der Waals surface area contributed by atoms with E-state index >= 15 is 0 Å². The molecule has 0 spiro atoms. The molecule has 0 atom stereocenters. The molecular weight excluding hydrogens is 378 g/mol. The maximum absolute atomic E-state index is 12.6. The van der Waals surface area contributed by atoms with Gasteiger partial charge in [-0.3, -0.25) is 0 Å². The lowest BCUT2D eigenvalue weighted by Gasteiger charge is -2.16. The van der Waals surface area contributed by atoms with Crippen molar-refractivity contribution in [3.05, 3.63) is 54.1 Å². The molecule has 1 aliphatic rings. The highest BCUT2D eigenvalue weighted by Crippen LogP contribution is 2.22. The maximum Gasteiger partial charge on any atom is 0.243 e. The van der Waals surface area contributed by atoms with Crippen LogP contribution in [0.3, 0.4) is 0 Å². The zero-order chi connectivity index (χ0) is 19.4. The van der Waals surface area contributed by atoms with Crippen molar-refractivity contribution < 1.29 is 8.42 Å². The summed E-state index contributed by atoms with van der Waals surface area (Å²) >= 11 is 5.35. The fourth-order valence-corrected chi connectivity index (χ4v) is 4.79. The van der Waals surface area contributed by atoms with E-state index in [9.17, 15) is 8.42 Å². The first-order chi connectivity index (χ1) is 12.9. The molecule has 0 aromatic heterocycles. The number of sulfonamides is 1. The van der Waals surface area contributed by atoms with Crippen LogP contribution in [0.4, 0.5) is 11.4 Å². The summed E-state index contributed by atoms with van der Waals surface area (Å²) in [5.74, 6) is 0.486. The highest BCUT2D eigenvalue weighted by molar-refractivity contribution is 7.89. The van der Waals surface area contributed by atoms with Crippen LogP contribution in [0.2, 0.25) is 0 Å². The van der Waals surface area contributed by atoms with Crippen molar-refractivity contribution in [3.63, 3.8) is 0 Å². The molecule has 0 bridgehead atoms. The Morgan fingerprint density at radius 3 is 1.89 bits per heavy atom. The van der Waals surface area contributed by atoms with Crippen molar-refractivity contribution in [1.29, 1.82) is 0 Å². The molecule has 3 rings (SSSR count). The summed E-state index contributed by atoms with van der Waals surface area (Å²) in [6.45, 7) is 5.52. The summed E-state index contributed by atoms with van der Waals surface area (Å²) in [6, 6.07) is 14.9. The van der Waals surface area contributed by atoms with Gasteiger partial charge in [0, 0.05) is 24.5 Å². The fourth-order valence-electron chi connectivity index (χ4n) is 3.03. The summed E-state index contributed by atoms with van der Waals surface area (Å²) in [4.78, 5) is 0.318. The van der Waals surface area contributed by atoms with Crippen LogP contribution < -0.4 is 10.6 Å². The Morgan fingerprint density at radius 1 is 0.926 bits per heavy atom. The van der Waals surface area contributed by atoms with Crippen molar-refractivity contribution in [1.82, 2.24) is 4.31 Å². The molecule has 1 aliphatic heterocycles. The van der Waals surface area contributed by atoms with E-state index in [0.717, 1.165) is 24.2 Å². The minimum atomic E-state index is -3.39. The van der Waals surface area contributed by atoms with Crippen molar-refractivity contribution in [2.75, 3.05) is 23.7 Å². The van der Waals surface area contributed by atoms with E-state index in [1.54, 1.807) is 28.6 Å². The largest absolute Gasteiger partial charge is 0.332 e. The Morgan fingerprint density at radius 2 is 1.41 bits per heavy atom. The van der Waals surface area contributed by atoms with Gasteiger partial charge in [0.15, 0.2) is 5.11 Å². The van der Waals surface area contributed by atoms with E-state index in [1.807, 2.05) is 12.1 Å². The Kier molecular flexibility index (Phi) is 6.14. The van der Waals surface area contributed by atoms with Gasteiger partial charge in [-0.25, -0.2) is 8.42 Å². The molecule has 0 amide bonds. The van der Waals surface area contributed by atoms with Gasteiger partial charge in [0.25, 0.3) is 0 Å². The quantitative estimate of drug-likeness (QED) is 0.725. The first kappa shape index (κ1) is 19.8. The van der Waals surface area contributed by atoms with Crippen molar-refractivity contribution in [2.24, 2.45) is 0 Å². The minimum Gasteiger partial charge on any atom is -0.332 e. The number of benzene rings is 2. The van der Waals surface area contributed by atoms with Crippen LogP contribution in [0.15, 0.2) is 53.4 Å². The van der Waals surface area contributed by atoms with Gasteiger partial charge >= 0.3 is 0 Å². The average molecular weight is 404 g/mol. The molecule has 144 valence electrons. The van der Waals surface area contributed by atoms with Crippen molar-refractivity contribution in [3.8, 4) is 0 Å². The van der Waals surface area contributed by atoms with Crippen LogP contribution in [-0.4, -0.2) is 30.9 Å². The zero-order valence-electron chi connectivity index (χ0n) is 15.6. The molecule has 0 aliphatic carbocycles. The highest BCUT2D eigenvalue weighted by Gasteiger charge is 2.26. The first-order valence-electron chi connectivity index (χ1n) is 9.14. The number of nitrogens with zero attached hydrogens (tertiary/aromatic N) is 1. The summed E-state index contributed by atoms with van der Waals surface area (Å²) < 4.78 is 26.6. The molecule has 1 saturated heterocycles. The summed E-state index contributed by atoms with van der Waals surface area (Å²) in [5.41, 5.74) is 2.92. The van der Waals surface area contributed by atoms with Crippen molar-refractivity contribution in [2.45, 2.75) is 37.5 Å². The smallest absolute Gasteiger partial charge is 0.243 e. The number of anilines is 2. The van der Waals surface area contributed by atoms with E-state index in [0.29, 0.717) is 29.0 Å². The lowest BCUT2D eigenvalue weighted by molar-refractivity contribution is 0.477. The lowest BCUT2D eigenvalue weighted by atomic mass is 10.0. The van der Waals surface area contributed by atoms with Crippen LogP contribution in [0, 0.1) is 0 Å². The third-order valence-corrected chi connectivity index (χ3v) is 6.77. The van der Waals surface area contributed by atoms with Crippen LogP contribution in [0.25, 0.3) is 0 Å². The zero-order valence-corrected chi connectivity index (χ0v) is 17.2. The molecule has 0 saturated carbocycles. The predicted octanol–water partition coefficient (Wildman–Crippen LogP) is 4.40. The molecule has 27 heavy (non-hydrogen) atoms. The molecule has 0 radical (unpaired) electrons. The maximum atomic E-state index is 12.6. The van der Waals surface area contributed by atoms with Crippen LogP contribution >= 0.6 is 12.2 Å². The molecule has 2 aromatic rings. The Balaban J connectivity index is 1.61. The predicted molar refractivity (Wildman–Crippen MR) is 115 cm³/mol. The molecule has 1 fully saturated rings. The summed E-state index contributed by atoms with van der Waals surface area (Å²) in [6.07, 6.45) is 1.86. The second kappa shape index (κ2) is 8.37. The summed E-state index contributed by atoms with van der Waals surface area (Å²) in [5, 5.41) is 6.69. The number of rotatable bonds is 5. The van der Waals surface area contributed by atoms with Gasteiger partial charge in [-0.1, -0.05) is 26.0 Å². The van der Waals surface area contributed by atoms with Crippen LogP contribution in [0.5, 0.6) is 0 Å². The minimum absolute atomic E-state index is 0.318. The fraction of sp³-hybridized carbons (Fsp3) is 0.350. The molecular formula is C20H25N3O2S2. The second-order valence-corrected chi connectivity index (χ2v) is 9.34. The molecule has 2 N–H and O–H groups in total. The second-order valence-electron chi connectivity index (χ2n) is 6.99. The Hall–Kier alpha value is -1.96. The first-order valence-corrected chi connectivity index (χ1v) is 11.0. The number of hydrogen-bond acceptors (Lipinski definition) is 3. The van der Waals surface area contributed by atoms with Gasteiger partial charge in [-0.15, -0.1) is 0 Å². The monoisotopic (exact) mass is 403 g/mol. The molecule has 2 aromatic carbocycles. The SMILES string of the molecule is CC(C)c1ccc(NC(=S)Nc2ccc(S(=O)(=O)N3CCCC3)cc2)cc1. The highest BCUT2D eigenvalue weighted by atomic mass is 32.2. The van der Waals surface area contributed by atoms with E-state index < -0.39 is 10.0 Å². The topological polar surface area (TPSA) is 61.4 Å². The van der Waals surface area contributed by atoms with Gasteiger partial charge in [0.2, 0.25) is 10.0 Å². The normalized spacial score (nSPS) is 15.1. The Bertz CT molecular complexity index is 886. The van der Waals surface area contributed by atoms with Gasteiger partial charge < -0.3 is 10.6 Å². The molecule has 1 heterocycles. The van der Waals surface area contributed by atoms with Crippen LogP contribution in [-0.2, 0) is 10.0 Å². The lowest BCUT2D eigenvalue weighted by Crippen LogP contribution is -2.27. The number of thiocarbonyl (C=S) groups is 1.